The first kappa shape index (κ1) is 20.2. The van der Waals surface area contributed by atoms with E-state index in [0.717, 1.165) is 5.56 Å². The fourth-order valence-electron chi connectivity index (χ4n) is 2.83. The molecule has 0 saturated carbocycles. The van der Waals surface area contributed by atoms with E-state index in [1.165, 1.54) is 12.1 Å². The summed E-state index contributed by atoms with van der Waals surface area (Å²) in [6.07, 6.45) is 0.617. The molecule has 3 aromatic rings. The highest BCUT2D eigenvalue weighted by molar-refractivity contribution is 5.76. The Morgan fingerprint density at radius 3 is 2.76 bits per heavy atom. The number of rotatable bonds is 8. The third kappa shape index (κ3) is 5.71. The molecular weight excluding hydrogens is 375 g/mol. The van der Waals surface area contributed by atoms with E-state index in [1.807, 2.05) is 24.3 Å². The van der Waals surface area contributed by atoms with E-state index in [4.69, 9.17) is 4.74 Å². The van der Waals surface area contributed by atoms with Crippen molar-refractivity contribution in [2.24, 2.45) is 0 Å². The number of para-hydroxylation sites is 1. The molecule has 2 aromatic carbocycles. The van der Waals surface area contributed by atoms with Crippen LogP contribution in [0.4, 0.5) is 4.39 Å². The first-order valence-electron chi connectivity index (χ1n) is 9.13. The first-order chi connectivity index (χ1) is 14.0. The zero-order valence-electron chi connectivity index (χ0n) is 15.9. The predicted molar refractivity (Wildman–Crippen MR) is 105 cm³/mol. The van der Waals surface area contributed by atoms with Crippen LogP contribution in [0, 0.1) is 5.82 Å². The van der Waals surface area contributed by atoms with E-state index in [9.17, 15) is 14.0 Å². The van der Waals surface area contributed by atoms with Gasteiger partial charge in [0.2, 0.25) is 5.91 Å². The van der Waals surface area contributed by atoms with Crippen molar-refractivity contribution in [3.8, 4) is 5.75 Å². The largest absolute Gasteiger partial charge is 0.496 e. The Morgan fingerprint density at radius 1 is 1.17 bits per heavy atom. The standard InChI is InChI=1S/C21H21FN4O3/c1-29-18-8-3-2-6-15(18)12-19-24-21(28)17(25-26-19)9-10-20(27)23-13-14-5-4-7-16(22)11-14/h2-8,11H,9-10,12-13H2,1H3,(H,23,27)(H,24,26,28). The molecule has 0 fully saturated rings. The molecule has 1 amide bonds. The summed E-state index contributed by atoms with van der Waals surface area (Å²) in [5.41, 5.74) is 1.36. The lowest BCUT2D eigenvalue weighted by molar-refractivity contribution is -0.121. The van der Waals surface area contributed by atoms with Crippen molar-refractivity contribution in [1.29, 1.82) is 0 Å². The highest BCUT2D eigenvalue weighted by Gasteiger charge is 2.10. The zero-order chi connectivity index (χ0) is 20.6. The van der Waals surface area contributed by atoms with Crippen LogP contribution in [0.1, 0.15) is 29.1 Å². The Balaban J connectivity index is 1.55. The second kappa shape index (κ2) is 9.59. The number of carbonyl (C=O) groups is 1. The van der Waals surface area contributed by atoms with Gasteiger partial charge >= 0.3 is 0 Å². The number of aryl methyl sites for hydroxylation is 1. The predicted octanol–water partition coefficient (Wildman–Crippen LogP) is 2.15. The highest BCUT2D eigenvalue weighted by atomic mass is 19.1. The van der Waals surface area contributed by atoms with Gasteiger partial charge in [-0.15, -0.1) is 10.2 Å². The van der Waals surface area contributed by atoms with Crippen molar-refractivity contribution in [1.82, 2.24) is 20.5 Å². The van der Waals surface area contributed by atoms with Gasteiger partial charge < -0.3 is 15.0 Å². The number of ether oxygens (including phenoxy) is 1. The van der Waals surface area contributed by atoms with Crippen LogP contribution in [-0.2, 0) is 24.2 Å². The molecule has 0 aliphatic carbocycles. The smallest absolute Gasteiger partial charge is 0.272 e. The number of aromatic nitrogens is 3. The van der Waals surface area contributed by atoms with Crippen molar-refractivity contribution in [3.63, 3.8) is 0 Å². The number of nitrogens with zero attached hydrogens (tertiary/aromatic N) is 2. The summed E-state index contributed by atoms with van der Waals surface area (Å²) in [5, 5.41) is 10.7. The van der Waals surface area contributed by atoms with Gasteiger partial charge in [0, 0.05) is 31.4 Å². The molecule has 3 rings (SSSR count). The maximum atomic E-state index is 13.1. The maximum absolute atomic E-state index is 13.1. The topological polar surface area (TPSA) is 97.0 Å². The Kier molecular flexibility index (Phi) is 6.67. The minimum absolute atomic E-state index is 0.0823. The number of halogens is 1. The molecule has 29 heavy (non-hydrogen) atoms. The fraction of sp³-hybridized carbons (Fsp3) is 0.238. The van der Waals surface area contributed by atoms with E-state index in [-0.39, 0.29) is 42.4 Å². The molecule has 1 heterocycles. The Morgan fingerprint density at radius 2 is 2.00 bits per heavy atom. The van der Waals surface area contributed by atoms with E-state index >= 15 is 0 Å². The van der Waals surface area contributed by atoms with Gasteiger partial charge in [0.25, 0.3) is 5.56 Å². The summed E-state index contributed by atoms with van der Waals surface area (Å²) >= 11 is 0. The van der Waals surface area contributed by atoms with Crippen LogP contribution in [0.25, 0.3) is 0 Å². The molecule has 150 valence electrons. The van der Waals surface area contributed by atoms with Crippen LogP contribution in [0.2, 0.25) is 0 Å². The molecule has 2 N–H and O–H groups in total. The highest BCUT2D eigenvalue weighted by Crippen LogP contribution is 2.19. The third-order valence-corrected chi connectivity index (χ3v) is 4.33. The number of hydrogen-bond acceptors (Lipinski definition) is 5. The van der Waals surface area contributed by atoms with Crippen molar-refractivity contribution in [2.45, 2.75) is 25.8 Å². The summed E-state index contributed by atoms with van der Waals surface area (Å²) in [6.45, 7) is 0.219. The van der Waals surface area contributed by atoms with E-state index in [0.29, 0.717) is 23.6 Å². The molecule has 0 unspecified atom stereocenters. The number of hydrogen-bond donors (Lipinski definition) is 2. The van der Waals surface area contributed by atoms with Gasteiger partial charge in [-0.05, 0) is 23.8 Å². The summed E-state index contributed by atoms with van der Waals surface area (Å²) in [6, 6.07) is 13.5. The minimum Gasteiger partial charge on any atom is -0.496 e. The molecule has 1 aromatic heterocycles. The molecule has 8 heteroatoms. The summed E-state index contributed by atoms with van der Waals surface area (Å²) < 4.78 is 18.4. The van der Waals surface area contributed by atoms with Crippen LogP contribution >= 0.6 is 0 Å². The number of nitrogens with one attached hydrogen (secondary N) is 2. The van der Waals surface area contributed by atoms with Crippen LogP contribution in [0.15, 0.2) is 53.3 Å². The second-order valence-electron chi connectivity index (χ2n) is 6.44. The second-order valence-corrected chi connectivity index (χ2v) is 6.44. The van der Waals surface area contributed by atoms with Crippen LogP contribution in [0.5, 0.6) is 5.75 Å². The zero-order valence-corrected chi connectivity index (χ0v) is 15.9. The van der Waals surface area contributed by atoms with Gasteiger partial charge in [0.1, 0.15) is 23.1 Å². The number of carbonyl (C=O) groups excluding carboxylic acids is 1. The Labute approximate surface area is 167 Å². The number of aromatic amines is 1. The molecule has 0 atom stereocenters. The van der Waals surface area contributed by atoms with Crippen LogP contribution < -0.4 is 15.6 Å². The molecule has 7 nitrogen and oxygen atoms in total. The normalized spacial score (nSPS) is 10.6. The average molecular weight is 396 g/mol. The quantitative estimate of drug-likeness (QED) is 0.608. The molecule has 0 aliphatic rings. The van der Waals surface area contributed by atoms with Crippen molar-refractivity contribution in [2.75, 3.05) is 7.11 Å². The summed E-state index contributed by atoms with van der Waals surface area (Å²) in [5.74, 6) is 0.508. The van der Waals surface area contributed by atoms with Gasteiger partial charge in [-0.25, -0.2) is 4.39 Å². The lowest BCUT2D eigenvalue weighted by Crippen LogP contribution is -2.25. The van der Waals surface area contributed by atoms with Gasteiger partial charge in [-0.2, -0.15) is 0 Å². The molecule has 0 bridgehead atoms. The number of amides is 1. The monoisotopic (exact) mass is 396 g/mol. The summed E-state index contributed by atoms with van der Waals surface area (Å²) in [4.78, 5) is 26.9. The molecular formula is C21H21FN4O3. The summed E-state index contributed by atoms with van der Waals surface area (Å²) in [7, 11) is 1.58. The number of methoxy groups -OCH3 is 1. The minimum atomic E-state index is -0.372. The van der Waals surface area contributed by atoms with Gasteiger partial charge in [-0.3, -0.25) is 9.59 Å². The van der Waals surface area contributed by atoms with Gasteiger partial charge in [-0.1, -0.05) is 30.3 Å². The third-order valence-electron chi connectivity index (χ3n) is 4.33. The Bertz CT molecular complexity index is 1050. The van der Waals surface area contributed by atoms with Crippen molar-refractivity contribution in [3.05, 3.63) is 87.3 Å². The van der Waals surface area contributed by atoms with E-state index in [1.54, 1.807) is 19.2 Å². The Hall–Kier alpha value is -3.55. The lowest BCUT2D eigenvalue weighted by Gasteiger charge is -2.08. The SMILES string of the molecule is COc1ccccc1Cc1nnc(CCC(=O)NCc2cccc(F)c2)c(=O)[nH]1. The average Bonchev–Trinajstić information content (AvgIpc) is 2.72. The maximum Gasteiger partial charge on any atom is 0.272 e. The number of benzene rings is 2. The number of H-pyrrole nitrogens is 1. The van der Waals surface area contributed by atoms with Crippen molar-refractivity contribution >= 4 is 5.91 Å². The first-order valence-corrected chi connectivity index (χ1v) is 9.13. The van der Waals surface area contributed by atoms with Gasteiger partial charge in [0.05, 0.1) is 7.11 Å². The molecule has 0 aliphatic heterocycles. The van der Waals surface area contributed by atoms with Gasteiger partial charge in [0.15, 0.2) is 0 Å². The molecule has 0 spiro atoms. The molecule has 0 saturated heterocycles. The fourth-order valence-corrected chi connectivity index (χ4v) is 2.83. The van der Waals surface area contributed by atoms with Crippen molar-refractivity contribution < 1.29 is 13.9 Å². The van der Waals surface area contributed by atoms with Crippen LogP contribution in [-0.4, -0.2) is 28.2 Å². The van der Waals surface area contributed by atoms with Crippen LogP contribution in [0.3, 0.4) is 0 Å². The van der Waals surface area contributed by atoms with E-state index < -0.39 is 0 Å². The van der Waals surface area contributed by atoms with E-state index in [2.05, 4.69) is 20.5 Å². The molecule has 0 radical (unpaired) electrons. The lowest BCUT2D eigenvalue weighted by atomic mass is 10.1.